The number of nitrogens with zero attached hydrogens (tertiary/aromatic N) is 2. The monoisotopic (exact) mass is 380 g/mol. The highest BCUT2D eigenvalue weighted by atomic mass is 16.3. The van der Waals surface area contributed by atoms with Crippen molar-refractivity contribution < 1.29 is 9.90 Å². The van der Waals surface area contributed by atoms with Gasteiger partial charge >= 0.3 is 0 Å². The molecule has 0 saturated carbocycles. The average Bonchev–Trinajstić information content (AvgIpc) is 3.15. The molecule has 1 heterocycles. The topological polar surface area (TPSA) is 77.0 Å². The van der Waals surface area contributed by atoms with Crippen molar-refractivity contribution in [1.82, 2.24) is 10.6 Å². The number of hydrogen-bond donors (Lipinski definition) is 3. The van der Waals surface area contributed by atoms with E-state index in [2.05, 4.69) is 15.6 Å². The molecule has 0 bridgehead atoms. The van der Waals surface area contributed by atoms with E-state index in [4.69, 9.17) is 0 Å². The molecule has 3 rings (SSSR count). The van der Waals surface area contributed by atoms with Crippen molar-refractivity contribution in [1.29, 1.82) is 0 Å². The van der Waals surface area contributed by atoms with Gasteiger partial charge in [0.25, 0.3) is 0 Å². The lowest BCUT2D eigenvalue weighted by Crippen LogP contribution is -2.37. The lowest BCUT2D eigenvalue weighted by Gasteiger charge is -2.16. The standard InChI is InChI=1S/C22H28N4O2/c1-23-22(24-14-2-4-17-8-12-20(27)13-9-17)25-16-18-6-10-19(11-7-18)26-15-3-5-21(26)28/h6-13,27H,2-5,14-16H2,1H3,(H2,23,24,25). The van der Waals surface area contributed by atoms with Crippen molar-refractivity contribution in [3.63, 3.8) is 0 Å². The summed E-state index contributed by atoms with van der Waals surface area (Å²) >= 11 is 0. The first-order valence-electron chi connectivity index (χ1n) is 9.77. The van der Waals surface area contributed by atoms with Gasteiger partial charge < -0.3 is 20.6 Å². The molecule has 0 radical (unpaired) electrons. The molecule has 1 fully saturated rings. The highest BCUT2D eigenvalue weighted by Crippen LogP contribution is 2.21. The number of phenolic OH excluding ortho intramolecular Hbond substituents is 1. The minimum absolute atomic E-state index is 0.211. The predicted octanol–water partition coefficient (Wildman–Crippen LogP) is 2.82. The molecule has 1 amide bonds. The molecule has 0 unspecified atom stereocenters. The Morgan fingerprint density at radius 2 is 1.79 bits per heavy atom. The number of carbonyl (C=O) groups is 1. The zero-order chi connectivity index (χ0) is 19.8. The van der Waals surface area contributed by atoms with E-state index >= 15 is 0 Å². The molecule has 28 heavy (non-hydrogen) atoms. The van der Waals surface area contributed by atoms with Gasteiger partial charge in [-0.15, -0.1) is 0 Å². The second-order valence-corrected chi connectivity index (χ2v) is 6.94. The number of nitrogens with one attached hydrogen (secondary N) is 2. The number of hydrogen-bond acceptors (Lipinski definition) is 3. The highest BCUT2D eigenvalue weighted by Gasteiger charge is 2.21. The third-order valence-electron chi connectivity index (χ3n) is 4.88. The minimum Gasteiger partial charge on any atom is -0.508 e. The Kier molecular flexibility index (Phi) is 6.89. The van der Waals surface area contributed by atoms with Crippen LogP contribution in [-0.2, 0) is 17.8 Å². The number of carbonyl (C=O) groups excluding carboxylic acids is 1. The number of rotatable bonds is 7. The van der Waals surface area contributed by atoms with Crippen molar-refractivity contribution in [3.8, 4) is 5.75 Å². The van der Waals surface area contributed by atoms with E-state index in [1.807, 2.05) is 41.3 Å². The van der Waals surface area contributed by atoms with Gasteiger partial charge in [-0.2, -0.15) is 0 Å². The predicted molar refractivity (Wildman–Crippen MR) is 113 cm³/mol. The summed E-state index contributed by atoms with van der Waals surface area (Å²) in [5.74, 6) is 1.28. The Morgan fingerprint density at radius 1 is 1.07 bits per heavy atom. The third-order valence-corrected chi connectivity index (χ3v) is 4.88. The van der Waals surface area contributed by atoms with Gasteiger partial charge in [-0.1, -0.05) is 24.3 Å². The fraction of sp³-hybridized carbons (Fsp3) is 0.364. The summed E-state index contributed by atoms with van der Waals surface area (Å²) in [7, 11) is 1.76. The third kappa shape index (κ3) is 5.49. The summed E-state index contributed by atoms with van der Waals surface area (Å²) in [6.07, 6.45) is 3.51. The van der Waals surface area contributed by atoms with E-state index in [0.29, 0.717) is 18.7 Å². The maximum Gasteiger partial charge on any atom is 0.227 e. The lowest BCUT2D eigenvalue weighted by atomic mass is 10.1. The van der Waals surface area contributed by atoms with Crippen LogP contribution in [-0.4, -0.2) is 37.1 Å². The first-order valence-corrected chi connectivity index (χ1v) is 9.77. The molecular formula is C22H28N4O2. The van der Waals surface area contributed by atoms with Crippen LogP contribution >= 0.6 is 0 Å². The molecular weight excluding hydrogens is 352 g/mol. The van der Waals surface area contributed by atoms with E-state index in [9.17, 15) is 9.90 Å². The fourth-order valence-electron chi connectivity index (χ4n) is 3.28. The van der Waals surface area contributed by atoms with Gasteiger partial charge in [-0.05, 0) is 54.7 Å². The Hall–Kier alpha value is -3.02. The number of phenols is 1. The van der Waals surface area contributed by atoms with Crippen LogP contribution < -0.4 is 15.5 Å². The Labute approximate surface area is 166 Å². The lowest BCUT2D eigenvalue weighted by molar-refractivity contribution is -0.117. The van der Waals surface area contributed by atoms with Crippen molar-refractivity contribution in [2.45, 2.75) is 32.2 Å². The average molecular weight is 380 g/mol. The number of aromatic hydroxyl groups is 1. The Balaban J connectivity index is 1.40. The largest absolute Gasteiger partial charge is 0.508 e. The van der Waals surface area contributed by atoms with Crippen LogP contribution in [0.3, 0.4) is 0 Å². The fourth-order valence-corrected chi connectivity index (χ4v) is 3.28. The quantitative estimate of drug-likeness (QED) is 0.392. The molecule has 1 aliphatic rings. The Bertz CT molecular complexity index is 800. The SMILES string of the molecule is CN=C(NCCCc1ccc(O)cc1)NCc1ccc(N2CCCC2=O)cc1. The number of aliphatic imine (C=N–C) groups is 1. The van der Waals surface area contributed by atoms with Gasteiger partial charge in [0.2, 0.25) is 5.91 Å². The molecule has 0 spiro atoms. The van der Waals surface area contributed by atoms with Crippen LogP contribution in [0.2, 0.25) is 0 Å². The van der Waals surface area contributed by atoms with Gasteiger partial charge in [-0.3, -0.25) is 9.79 Å². The molecule has 0 aromatic heterocycles. The van der Waals surface area contributed by atoms with Crippen molar-refractivity contribution >= 4 is 17.6 Å². The Morgan fingerprint density at radius 3 is 2.43 bits per heavy atom. The van der Waals surface area contributed by atoms with E-state index in [1.165, 1.54) is 5.56 Å². The van der Waals surface area contributed by atoms with Gasteiger partial charge in [0.1, 0.15) is 5.75 Å². The van der Waals surface area contributed by atoms with Gasteiger partial charge in [0, 0.05) is 38.8 Å². The van der Waals surface area contributed by atoms with E-state index in [-0.39, 0.29) is 5.91 Å². The molecule has 148 valence electrons. The van der Waals surface area contributed by atoms with Gasteiger partial charge in [-0.25, -0.2) is 0 Å². The molecule has 1 aliphatic heterocycles. The number of benzene rings is 2. The molecule has 0 aliphatic carbocycles. The van der Waals surface area contributed by atoms with Crippen LogP contribution in [0.25, 0.3) is 0 Å². The maximum absolute atomic E-state index is 11.8. The zero-order valence-corrected chi connectivity index (χ0v) is 16.3. The first-order chi connectivity index (χ1) is 13.7. The van der Waals surface area contributed by atoms with Crippen LogP contribution in [0.15, 0.2) is 53.5 Å². The summed E-state index contributed by atoms with van der Waals surface area (Å²) in [5, 5.41) is 15.9. The maximum atomic E-state index is 11.8. The van der Waals surface area contributed by atoms with Crippen LogP contribution in [0.4, 0.5) is 5.69 Å². The van der Waals surface area contributed by atoms with Crippen molar-refractivity contribution in [3.05, 3.63) is 59.7 Å². The normalized spacial score (nSPS) is 14.4. The molecule has 2 aromatic carbocycles. The van der Waals surface area contributed by atoms with Gasteiger partial charge in [0.05, 0.1) is 0 Å². The van der Waals surface area contributed by atoms with Gasteiger partial charge in [0.15, 0.2) is 5.96 Å². The zero-order valence-electron chi connectivity index (χ0n) is 16.3. The molecule has 2 aromatic rings. The molecule has 3 N–H and O–H groups in total. The minimum atomic E-state index is 0.211. The van der Waals surface area contributed by atoms with Crippen LogP contribution in [0.5, 0.6) is 5.75 Å². The smallest absolute Gasteiger partial charge is 0.227 e. The molecule has 0 atom stereocenters. The van der Waals surface area contributed by atoms with Crippen molar-refractivity contribution in [2.24, 2.45) is 4.99 Å². The molecule has 1 saturated heterocycles. The molecule has 6 nitrogen and oxygen atoms in total. The van der Waals surface area contributed by atoms with Crippen LogP contribution in [0, 0.1) is 0 Å². The van der Waals surface area contributed by atoms with Crippen LogP contribution in [0.1, 0.15) is 30.4 Å². The second-order valence-electron chi connectivity index (χ2n) is 6.94. The first kappa shape index (κ1) is 19.7. The van der Waals surface area contributed by atoms with Crippen molar-refractivity contribution in [2.75, 3.05) is 25.0 Å². The van der Waals surface area contributed by atoms with E-state index in [0.717, 1.165) is 49.6 Å². The number of amides is 1. The van der Waals surface area contributed by atoms with E-state index < -0.39 is 0 Å². The van der Waals surface area contributed by atoms with E-state index in [1.54, 1.807) is 19.2 Å². The molecule has 6 heteroatoms. The number of guanidine groups is 1. The summed E-state index contributed by atoms with van der Waals surface area (Å²) in [6, 6.07) is 15.4. The summed E-state index contributed by atoms with van der Waals surface area (Å²) in [5.41, 5.74) is 3.32. The summed E-state index contributed by atoms with van der Waals surface area (Å²) in [4.78, 5) is 17.9. The summed E-state index contributed by atoms with van der Waals surface area (Å²) in [6.45, 7) is 2.31. The second kappa shape index (κ2) is 9.78. The highest BCUT2D eigenvalue weighted by molar-refractivity contribution is 5.95. The number of anilines is 1. The number of aryl methyl sites for hydroxylation is 1. The summed E-state index contributed by atoms with van der Waals surface area (Å²) < 4.78 is 0.